The maximum atomic E-state index is 12.1. The highest BCUT2D eigenvalue weighted by molar-refractivity contribution is 8.23. The van der Waals surface area contributed by atoms with E-state index in [0.717, 1.165) is 34.0 Å². The van der Waals surface area contributed by atoms with E-state index in [1.165, 1.54) is 41.5 Å². The second-order valence-corrected chi connectivity index (χ2v) is 8.11. The first kappa shape index (κ1) is 16.7. The third-order valence-electron chi connectivity index (χ3n) is 3.80. The van der Waals surface area contributed by atoms with Gasteiger partial charge in [0, 0.05) is 13.1 Å². The molecule has 0 radical (unpaired) electrons. The molecule has 1 aliphatic heterocycles. The van der Waals surface area contributed by atoms with E-state index in [1.807, 2.05) is 6.07 Å². The van der Waals surface area contributed by atoms with Gasteiger partial charge in [0.25, 0.3) is 0 Å². The van der Waals surface area contributed by atoms with Crippen molar-refractivity contribution in [3.05, 3.63) is 23.8 Å². The van der Waals surface area contributed by atoms with Crippen LogP contribution in [0, 0.1) is 0 Å². The Morgan fingerprint density at radius 3 is 2.96 bits per heavy atom. The quantitative estimate of drug-likeness (QED) is 0.832. The number of fused-ring (bicyclic) bond motifs is 1. The smallest absolute Gasteiger partial charge is 0.236 e. The molecule has 23 heavy (non-hydrogen) atoms. The predicted molar refractivity (Wildman–Crippen MR) is 103 cm³/mol. The summed E-state index contributed by atoms with van der Waals surface area (Å²) in [5.74, 6) is 0.289. The van der Waals surface area contributed by atoms with Crippen LogP contribution in [0.4, 0.5) is 5.13 Å². The average Bonchev–Trinajstić information content (AvgIpc) is 3.20. The SMILES string of the molecule is CCc1ccc2nc(NC(=O)CSC(=S)N3CCCC3)sc2c1. The molecule has 1 N–H and O–H groups in total. The fourth-order valence-electron chi connectivity index (χ4n) is 2.52. The van der Waals surface area contributed by atoms with Crippen LogP contribution in [-0.2, 0) is 11.2 Å². The highest BCUT2D eigenvalue weighted by Crippen LogP contribution is 2.27. The fraction of sp³-hybridized carbons (Fsp3) is 0.438. The molecule has 0 spiro atoms. The van der Waals surface area contributed by atoms with Crippen molar-refractivity contribution in [1.29, 1.82) is 0 Å². The van der Waals surface area contributed by atoms with Crippen LogP contribution < -0.4 is 5.32 Å². The summed E-state index contributed by atoms with van der Waals surface area (Å²) in [7, 11) is 0. The van der Waals surface area contributed by atoms with Crippen molar-refractivity contribution in [1.82, 2.24) is 9.88 Å². The van der Waals surface area contributed by atoms with E-state index in [4.69, 9.17) is 12.2 Å². The molecule has 1 aliphatic rings. The molecule has 3 rings (SSSR count). The minimum atomic E-state index is -0.0497. The highest BCUT2D eigenvalue weighted by Gasteiger charge is 2.16. The molecule has 2 aromatic rings. The first-order chi connectivity index (χ1) is 11.2. The second kappa shape index (κ2) is 7.59. The molecule has 0 saturated carbocycles. The Bertz CT molecular complexity index is 722. The van der Waals surface area contributed by atoms with Gasteiger partial charge in [-0.2, -0.15) is 0 Å². The number of rotatable bonds is 4. The average molecular weight is 366 g/mol. The van der Waals surface area contributed by atoms with Gasteiger partial charge in [0.05, 0.1) is 16.0 Å². The molecule has 0 aliphatic carbocycles. The Morgan fingerprint density at radius 1 is 1.43 bits per heavy atom. The van der Waals surface area contributed by atoms with E-state index in [-0.39, 0.29) is 5.91 Å². The molecule has 0 atom stereocenters. The maximum absolute atomic E-state index is 12.1. The van der Waals surface area contributed by atoms with Crippen LogP contribution in [0.25, 0.3) is 10.2 Å². The van der Waals surface area contributed by atoms with Crippen molar-refractivity contribution in [2.24, 2.45) is 0 Å². The number of carbonyl (C=O) groups is 1. The van der Waals surface area contributed by atoms with Crippen LogP contribution in [0.5, 0.6) is 0 Å². The van der Waals surface area contributed by atoms with Gasteiger partial charge in [0.15, 0.2) is 5.13 Å². The Hall–Kier alpha value is -1.18. The van der Waals surface area contributed by atoms with Gasteiger partial charge >= 0.3 is 0 Å². The number of thioether (sulfide) groups is 1. The zero-order valence-electron chi connectivity index (χ0n) is 13.0. The number of hydrogen-bond acceptors (Lipinski definition) is 5. The second-order valence-electron chi connectivity index (χ2n) is 5.47. The van der Waals surface area contributed by atoms with E-state index < -0.39 is 0 Å². The molecule has 7 heteroatoms. The van der Waals surface area contributed by atoms with Crippen molar-refractivity contribution in [2.75, 3.05) is 24.2 Å². The van der Waals surface area contributed by atoms with Gasteiger partial charge in [-0.15, -0.1) is 0 Å². The number of aryl methyl sites for hydroxylation is 1. The third kappa shape index (κ3) is 4.22. The predicted octanol–water partition coefficient (Wildman–Crippen LogP) is 3.91. The van der Waals surface area contributed by atoms with E-state index in [2.05, 4.69) is 34.3 Å². The number of benzene rings is 1. The van der Waals surface area contributed by atoms with E-state index >= 15 is 0 Å². The molecule has 0 unspecified atom stereocenters. The molecule has 1 aromatic carbocycles. The highest BCUT2D eigenvalue weighted by atomic mass is 32.2. The Balaban J connectivity index is 1.56. The number of nitrogens with one attached hydrogen (secondary N) is 1. The van der Waals surface area contributed by atoms with Crippen molar-refractivity contribution in [2.45, 2.75) is 26.2 Å². The standard InChI is InChI=1S/C16H19N3OS3/c1-2-11-5-6-12-13(9-11)23-15(17-12)18-14(20)10-22-16(21)19-7-3-4-8-19/h5-6,9H,2-4,7-8,10H2,1H3,(H,17,18,20). The monoisotopic (exact) mass is 365 g/mol. The fourth-order valence-corrected chi connectivity index (χ4v) is 4.51. The summed E-state index contributed by atoms with van der Waals surface area (Å²) >= 11 is 8.33. The number of carbonyl (C=O) groups excluding carboxylic acids is 1. The molecule has 0 bridgehead atoms. The topological polar surface area (TPSA) is 45.2 Å². The molecule has 4 nitrogen and oxygen atoms in total. The molecule has 2 heterocycles. The Kier molecular flexibility index (Phi) is 5.50. The number of aromatic nitrogens is 1. The van der Waals surface area contributed by atoms with Crippen LogP contribution in [0.2, 0.25) is 0 Å². The largest absolute Gasteiger partial charge is 0.358 e. The maximum Gasteiger partial charge on any atom is 0.236 e. The molecular formula is C16H19N3OS3. The van der Waals surface area contributed by atoms with Gasteiger partial charge in [0.2, 0.25) is 5.91 Å². The summed E-state index contributed by atoms with van der Waals surface area (Å²) in [6, 6.07) is 6.23. The number of nitrogens with zero attached hydrogens (tertiary/aromatic N) is 2. The lowest BCUT2D eigenvalue weighted by Gasteiger charge is -2.17. The molecule has 1 aromatic heterocycles. The van der Waals surface area contributed by atoms with Crippen molar-refractivity contribution < 1.29 is 4.79 Å². The van der Waals surface area contributed by atoms with Crippen molar-refractivity contribution in [3.8, 4) is 0 Å². The van der Waals surface area contributed by atoms with E-state index in [0.29, 0.717) is 10.9 Å². The Labute approximate surface area is 149 Å². The summed E-state index contributed by atoms with van der Waals surface area (Å²) < 4.78 is 1.94. The van der Waals surface area contributed by atoms with Gasteiger partial charge in [-0.25, -0.2) is 4.98 Å². The lowest BCUT2D eigenvalue weighted by molar-refractivity contribution is -0.113. The lowest BCUT2D eigenvalue weighted by Crippen LogP contribution is -2.25. The molecule has 1 saturated heterocycles. The number of anilines is 1. The van der Waals surface area contributed by atoms with Gasteiger partial charge in [0.1, 0.15) is 4.32 Å². The summed E-state index contributed by atoms with van der Waals surface area (Å²) in [4.78, 5) is 18.7. The molecule has 1 amide bonds. The van der Waals surface area contributed by atoms with Gasteiger partial charge in [-0.05, 0) is 37.0 Å². The lowest BCUT2D eigenvalue weighted by atomic mass is 10.2. The summed E-state index contributed by atoms with van der Waals surface area (Å²) in [6.07, 6.45) is 3.39. The van der Waals surface area contributed by atoms with Crippen LogP contribution >= 0.6 is 35.3 Å². The number of likely N-dealkylation sites (tertiary alicyclic amines) is 1. The van der Waals surface area contributed by atoms with E-state index in [1.54, 1.807) is 0 Å². The van der Waals surface area contributed by atoms with Gasteiger partial charge in [-0.3, -0.25) is 4.79 Å². The first-order valence-electron chi connectivity index (χ1n) is 7.76. The number of thiocarbonyl (C=S) groups is 1. The van der Waals surface area contributed by atoms with Crippen LogP contribution in [0.3, 0.4) is 0 Å². The Morgan fingerprint density at radius 2 is 2.22 bits per heavy atom. The molecule has 1 fully saturated rings. The minimum Gasteiger partial charge on any atom is -0.358 e. The third-order valence-corrected chi connectivity index (χ3v) is 6.26. The van der Waals surface area contributed by atoms with Crippen molar-refractivity contribution >= 4 is 60.9 Å². The van der Waals surface area contributed by atoms with Gasteiger partial charge in [-0.1, -0.05) is 48.3 Å². The van der Waals surface area contributed by atoms with E-state index in [9.17, 15) is 4.79 Å². The summed E-state index contributed by atoms with van der Waals surface area (Å²) in [6.45, 7) is 4.17. The zero-order valence-corrected chi connectivity index (χ0v) is 15.5. The van der Waals surface area contributed by atoms with Crippen LogP contribution in [-0.4, -0.2) is 39.0 Å². The summed E-state index contributed by atoms with van der Waals surface area (Å²) in [5, 5.41) is 3.54. The summed E-state index contributed by atoms with van der Waals surface area (Å²) in [5.41, 5.74) is 2.22. The van der Waals surface area contributed by atoms with Crippen LogP contribution in [0.15, 0.2) is 18.2 Å². The molecular weight excluding hydrogens is 346 g/mol. The van der Waals surface area contributed by atoms with Crippen LogP contribution in [0.1, 0.15) is 25.3 Å². The zero-order chi connectivity index (χ0) is 16.2. The number of thiazole rings is 1. The molecule has 122 valence electrons. The van der Waals surface area contributed by atoms with Crippen molar-refractivity contribution in [3.63, 3.8) is 0 Å². The normalized spacial score (nSPS) is 14.4. The number of hydrogen-bond donors (Lipinski definition) is 1. The van der Waals surface area contributed by atoms with Gasteiger partial charge < -0.3 is 10.2 Å². The number of amides is 1. The first-order valence-corrected chi connectivity index (χ1v) is 9.98. The minimum absolute atomic E-state index is 0.0497.